The van der Waals surface area contributed by atoms with Gasteiger partial charge in [-0.3, -0.25) is 10.1 Å². The van der Waals surface area contributed by atoms with E-state index in [1.54, 1.807) is 0 Å². The van der Waals surface area contributed by atoms with E-state index in [0.29, 0.717) is 0 Å². The summed E-state index contributed by atoms with van der Waals surface area (Å²) in [6, 6.07) is 2.17. The Morgan fingerprint density at radius 3 is 2.83 bits per heavy atom. The minimum Gasteiger partial charge on any atom is -0.391 e. The van der Waals surface area contributed by atoms with Crippen molar-refractivity contribution in [2.24, 2.45) is 5.92 Å². The lowest BCUT2D eigenvalue weighted by atomic mass is 10.2. The number of aliphatic hydroxyl groups excluding tert-OH is 1. The molecule has 98 valence electrons. The molecule has 18 heavy (non-hydrogen) atoms. The van der Waals surface area contributed by atoms with Crippen LogP contribution >= 0.6 is 15.9 Å². The van der Waals surface area contributed by atoms with Crippen LogP contribution in [0.1, 0.15) is 12.8 Å². The Hall–Kier alpha value is -1.21. The van der Waals surface area contributed by atoms with Crippen molar-refractivity contribution in [2.45, 2.75) is 18.9 Å². The zero-order valence-corrected chi connectivity index (χ0v) is 11.0. The molecule has 0 aliphatic heterocycles. The quantitative estimate of drug-likeness (QED) is 0.646. The Morgan fingerprint density at radius 1 is 1.61 bits per heavy atom. The summed E-state index contributed by atoms with van der Waals surface area (Å²) in [6.07, 6.45) is 1.40. The van der Waals surface area contributed by atoms with Gasteiger partial charge in [0.2, 0.25) is 0 Å². The monoisotopic (exact) mass is 318 g/mol. The van der Waals surface area contributed by atoms with Gasteiger partial charge in [0.15, 0.2) is 0 Å². The van der Waals surface area contributed by atoms with Crippen LogP contribution in [0, 0.1) is 21.8 Å². The summed E-state index contributed by atoms with van der Waals surface area (Å²) in [5.41, 5.74) is -0.133. The van der Waals surface area contributed by atoms with Crippen LogP contribution in [0.4, 0.5) is 15.8 Å². The summed E-state index contributed by atoms with van der Waals surface area (Å²) in [5.74, 6) is -0.319. The van der Waals surface area contributed by atoms with E-state index < -0.39 is 16.8 Å². The first-order valence-corrected chi connectivity index (χ1v) is 6.33. The van der Waals surface area contributed by atoms with Gasteiger partial charge in [-0.05, 0) is 34.7 Å². The van der Waals surface area contributed by atoms with Crippen molar-refractivity contribution in [2.75, 3.05) is 11.9 Å². The molecule has 1 fully saturated rings. The summed E-state index contributed by atoms with van der Waals surface area (Å²) in [6.45, 7) is 0.187. The van der Waals surface area contributed by atoms with Gasteiger partial charge < -0.3 is 10.4 Å². The summed E-state index contributed by atoms with van der Waals surface area (Å²) in [7, 11) is 0. The molecule has 0 heterocycles. The Morgan fingerprint density at radius 2 is 2.28 bits per heavy atom. The van der Waals surface area contributed by atoms with E-state index in [9.17, 15) is 19.6 Å². The maximum atomic E-state index is 13.3. The van der Waals surface area contributed by atoms with Gasteiger partial charge in [0.25, 0.3) is 5.69 Å². The molecule has 0 bridgehead atoms. The summed E-state index contributed by atoms with van der Waals surface area (Å²) >= 11 is 2.91. The zero-order chi connectivity index (χ0) is 13.3. The summed E-state index contributed by atoms with van der Waals surface area (Å²) in [4.78, 5) is 10.2. The second kappa shape index (κ2) is 5.19. The fourth-order valence-electron chi connectivity index (χ4n) is 1.69. The third-order valence-electron chi connectivity index (χ3n) is 2.90. The number of nitro benzene ring substituents is 1. The molecule has 1 saturated carbocycles. The number of hydrogen-bond donors (Lipinski definition) is 2. The molecule has 1 aromatic rings. The molecule has 2 N–H and O–H groups in total. The third-order valence-corrected chi connectivity index (χ3v) is 3.51. The largest absolute Gasteiger partial charge is 0.391 e. The van der Waals surface area contributed by atoms with E-state index in [-0.39, 0.29) is 28.3 Å². The second-order valence-electron chi connectivity index (χ2n) is 4.33. The third kappa shape index (κ3) is 2.97. The molecule has 0 spiro atoms. The number of benzene rings is 1. The Labute approximate surface area is 111 Å². The Balaban J connectivity index is 2.14. The first-order chi connectivity index (χ1) is 8.49. The molecule has 5 nitrogen and oxygen atoms in total. The van der Waals surface area contributed by atoms with E-state index >= 15 is 0 Å². The predicted molar refractivity (Wildman–Crippen MR) is 68.0 cm³/mol. The summed E-state index contributed by atoms with van der Waals surface area (Å²) in [5, 5.41) is 23.2. The minimum absolute atomic E-state index is 0.0440. The molecule has 0 aromatic heterocycles. The second-order valence-corrected chi connectivity index (χ2v) is 5.18. The van der Waals surface area contributed by atoms with E-state index in [0.717, 1.165) is 25.0 Å². The molecule has 1 aliphatic carbocycles. The minimum atomic E-state index is -0.587. The predicted octanol–water partition coefficient (Wildman–Crippen LogP) is 2.68. The van der Waals surface area contributed by atoms with Gasteiger partial charge in [0.1, 0.15) is 11.5 Å². The highest BCUT2D eigenvalue weighted by molar-refractivity contribution is 9.10. The summed E-state index contributed by atoms with van der Waals surface area (Å²) < 4.78 is 13.4. The van der Waals surface area contributed by atoms with Crippen LogP contribution < -0.4 is 5.32 Å². The SMILES string of the molecule is O=[N+]([O-])c1cc(Br)c(F)cc1NCC(O)C1CC1. The van der Waals surface area contributed by atoms with Gasteiger partial charge >= 0.3 is 0 Å². The number of halogens is 2. The lowest BCUT2D eigenvalue weighted by molar-refractivity contribution is -0.384. The van der Waals surface area contributed by atoms with Crippen molar-refractivity contribution >= 4 is 27.3 Å². The number of aliphatic hydroxyl groups is 1. The van der Waals surface area contributed by atoms with Crippen LogP contribution in [0.5, 0.6) is 0 Å². The first-order valence-electron chi connectivity index (χ1n) is 5.54. The van der Waals surface area contributed by atoms with Crippen molar-refractivity contribution in [1.29, 1.82) is 0 Å². The number of nitro groups is 1. The van der Waals surface area contributed by atoms with Crippen LogP contribution in [0.25, 0.3) is 0 Å². The molecule has 7 heteroatoms. The lowest BCUT2D eigenvalue weighted by Gasteiger charge is -2.12. The highest BCUT2D eigenvalue weighted by Gasteiger charge is 2.30. The molecular weight excluding hydrogens is 307 g/mol. The number of nitrogens with one attached hydrogen (secondary N) is 1. The maximum Gasteiger partial charge on any atom is 0.293 e. The van der Waals surface area contributed by atoms with E-state index in [4.69, 9.17) is 0 Å². The molecule has 0 saturated heterocycles. The molecule has 1 aromatic carbocycles. The van der Waals surface area contributed by atoms with Gasteiger partial charge in [-0.1, -0.05) is 0 Å². The number of rotatable bonds is 5. The number of hydrogen-bond acceptors (Lipinski definition) is 4. The topological polar surface area (TPSA) is 75.4 Å². The highest BCUT2D eigenvalue weighted by Crippen LogP contribution is 2.34. The number of nitrogens with zero attached hydrogens (tertiary/aromatic N) is 1. The van der Waals surface area contributed by atoms with Gasteiger partial charge in [-0.2, -0.15) is 0 Å². The molecule has 1 aliphatic rings. The van der Waals surface area contributed by atoms with Crippen molar-refractivity contribution in [1.82, 2.24) is 0 Å². The van der Waals surface area contributed by atoms with E-state index in [1.807, 2.05) is 0 Å². The Kier molecular flexibility index (Phi) is 3.82. The maximum absolute atomic E-state index is 13.3. The normalized spacial score (nSPS) is 16.4. The van der Waals surface area contributed by atoms with Gasteiger partial charge in [-0.25, -0.2) is 4.39 Å². The molecule has 1 unspecified atom stereocenters. The molecule has 1 atom stereocenters. The lowest BCUT2D eigenvalue weighted by Crippen LogP contribution is -2.21. The average Bonchev–Trinajstić information content (AvgIpc) is 3.13. The fraction of sp³-hybridized carbons (Fsp3) is 0.455. The van der Waals surface area contributed by atoms with Gasteiger partial charge in [0.05, 0.1) is 15.5 Å². The van der Waals surface area contributed by atoms with Crippen LogP contribution in [0.15, 0.2) is 16.6 Å². The van der Waals surface area contributed by atoms with Crippen LogP contribution in [-0.2, 0) is 0 Å². The van der Waals surface area contributed by atoms with Crippen LogP contribution in [0.3, 0.4) is 0 Å². The molecule has 0 radical (unpaired) electrons. The van der Waals surface area contributed by atoms with Gasteiger partial charge in [0, 0.05) is 18.7 Å². The van der Waals surface area contributed by atoms with Crippen molar-refractivity contribution in [3.8, 4) is 0 Å². The van der Waals surface area contributed by atoms with E-state index in [1.165, 1.54) is 0 Å². The highest BCUT2D eigenvalue weighted by atomic mass is 79.9. The van der Waals surface area contributed by atoms with E-state index in [2.05, 4.69) is 21.2 Å². The van der Waals surface area contributed by atoms with Crippen LogP contribution in [-0.4, -0.2) is 22.7 Å². The van der Waals surface area contributed by atoms with Gasteiger partial charge in [-0.15, -0.1) is 0 Å². The molecule has 0 amide bonds. The van der Waals surface area contributed by atoms with Crippen LogP contribution in [0.2, 0.25) is 0 Å². The van der Waals surface area contributed by atoms with Crippen molar-refractivity contribution in [3.63, 3.8) is 0 Å². The average molecular weight is 319 g/mol. The smallest absolute Gasteiger partial charge is 0.293 e. The Bertz CT molecular complexity index is 480. The number of anilines is 1. The first kappa shape index (κ1) is 13.2. The fourth-order valence-corrected chi connectivity index (χ4v) is 2.02. The van der Waals surface area contributed by atoms with Crippen molar-refractivity contribution < 1.29 is 14.4 Å². The van der Waals surface area contributed by atoms with Crippen molar-refractivity contribution in [3.05, 3.63) is 32.5 Å². The molecule has 2 rings (SSSR count). The standard InChI is InChI=1S/C11H12BrFN2O3/c12-7-3-10(15(17)18)9(4-8(7)13)14-5-11(16)6-1-2-6/h3-4,6,11,14,16H,1-2,5H2. The zero-order valence-electron chi connectivity index (χ0n) is 9.40. The molecular formula is C11H12BrFN2O3.